The molecule has 0 unspecified atom stereocenters. The maximum Gasteiger partial charge on any atom is 0.317 e. The first-order valence-corrected chi connectivity index (χ1v) is 7.19. The van der Waals surface area contributed by atoms with Crippen LogP contribution in [0.25, 0.3) is 0 Å². The number of halogens is 2. The van der Waals surface area contributed by atoms with Crippen LogP contribution in [-0.4, -0.2) is 37.2 Å². The van der Waals surface area contributed by atoms with Crippen LogP contribution in [0, 0.1) is 11.6 Å². The van der Waals surface area contributed by atoms with Gasteiger partial charge in [-0.1, -0.05) is 13.8 Å². The standard InChI is InChI=1S/C15H22F2N2O2/c1-3-8-19(9-4-2)15(20)18-7-10-21-14-6-5-12(16)11-13(14)17/h5-6,11H,3-4,7-10H2,1-2H3,(H,18,20). The molecule has 1 aromatic rings. The van der Waals surface area contributed by atoms with Crippen molar-refractivity contribution in [3.05, 3.63) is 29.8 Å². The molecule has 0 aliphatic heterocycles. The number of nitrogens with one attached hydrogen (secondary N) is 1. The van der Waals surface area contributed by atoms with Gasteiger partial charge < -0.3 is 15.0 Å². The number of nitrogens with zero attached hydrogens (tertiary/aromatic N) is 1. The Kier molecular flexibility index (Phi) is 7.50. The quantitative estimate of drug-likeness (QED) is 0.749. The summed E-state index contributed by atoms with van der Waals surface area (Å²) in [7, 11) is 0. The van der Waals surface area contributed by atoms with E-state index in [2.05, 4.69) is 5.32 Å². The minimum atomic E-state index is -0.750. The first-order valence-electron chi connectivity index (χ1n) is 7.19. The molecule has 4 nitrogen and oxygen atoms in total. The summed E-state index contributed by atoms with van der Waals surface area (Å²) >= 11 is 0. The summed E-state index contributed by atoms with van der Waals surface area (Å²) in [4.78, 5) is 13.6. The Morgan fingerprint density at radius 3 is 2.48 bits per heavy atom. The number of amides is 2. The summed E-state index contributed by atoms with van der Waals surface area (Å²) < 4.78 is 31.2. The van der Waals surface area contributed by atoms with E-state index in [4.69, 9.17) is 4.74 Å². The zero-order valence-corrected chi connectivity index (χ0v) is 12.5. The molecule has 0 saturated carbocycles. The van der Waals surface area contributed by atoms with E-state index in [1.165, 1.54) is 6.07 Å². The number of benzene rings is 1. The number of ether oxygens (including phenoxy) is 1. The largest absolute Gasteiger partial charge is 0.489 e. The number of carbonyl (C=O) groups excluding carboxylic acids is 1. The highest BCUT2D eigenvalue weighted by molar-refractivity contribution is 5.74. The summed E-state index contributed by atoms with van der Waals surface area (Å²) in [6, 6.07) is 2.97. The molecule has 0 heterocycles. The van der Waals surface area contributed by atoms with Gasteiger partial charge >= 0.3 is 6.03 Å². The molecule has 21 heavy (non-hydrogen) atoms. The van der Waals surface area contributed by atoms with E-state index in [-0.39, 0.29) is 24.9 Å². The maximum atomic E-state index is 13.3. The molecular formula is C15H22F2N2O2. The number of rotatable bonds is 8. The van der Waals surface area contributed by atoms with Gasteiger partial charge in [-0.25, -0.2) is 13.6 Å². The van der Waals surface area contributed by atoms with E-state index < -0.39 is 11.6 Å². The monoisotopic (exact) mass is 300 g/mol. The predicted octanol–water partition coefficient (Wildman–Crippen LogP) is 3.18. The van der Waals surface area contributed by atoms with E-state index >= 15 is 0 Å². The van der Waals surface area contributed by atoms with Crippen LogP contribution in [0.1, 0.15) is 26.7 Å². The summed E-state index contributed by atoms with van der Waals surface area (Å²) in [5.74, 6) is -1.42. The average Bonchev–Trinajstić information content (AvgIpc) is 2.45. The fraction of sp³-hybridized carbons (Fsp3) is 0.533. The molecule has 0 radical (unpaired) electrons. The normalized spacial score (nSPS) is 10.3. The van der Waals surface area contributed by atoms with Gasteiger partial charge in [0.05, 0.1) is 6.54 Å². The van der Waals surface area contributed by atoms with Gasteiger partial charge in [-0.3, -0.25) is 0 Å². The molecule has 1 rings (SSSR count). The lowest BCUT2D eigenvalue weighted by molar-refractivity contribution is 0.194. The van der Waals surface area contributed by atoms with Crippen molar-refractivity contribution in [1.29, 1.82) is 0 Å². The van der Waals surface area contributed by atoms with E-state index in [0.29, 0.717) is 13.1 Å². The van der Waals surface area contributed by atoms with Gasteiger partial charge in [-0.2, -0.15) is 0 Å². The third-order valence-electron chi connectivity index (χ3n) is 2.80. The lowest BCUT2D eigenvalue weighted by atomic mass is 10.3. The Balaban J connectivity index is 2.34. The summed E-state index contributed by atoms with van der Waals surface area (Å²) in [5.41, 5.74) is 0. The number of hydrogen-bond acceptors (Lipinski definition) is 2. The van der Waals surface area contributed by atoms with Crippen molar-refractivity contribution in [2.75, 3.05) is 26.2 Å². The molecule has 1 aromatic carbocycles. The third kappa shape index (κ3) is 5.97. The Bertz CT molecular complexity index is 449. The highest BCUT2D eigenvalue weighted by Crippen LogP contribution is 2.17. The van der Waals surface area contributed by atoms with Crippen molar-refractivity contribution in [1.82, 2.24) is 10.2 Å². The van der Waals surface area contributed by atoms with Gasteiger partial charge in [0.1, 0.15) is 12.4 Å². The molecule has 118 valence electrons. The van der Waals surface area contributed by atoms with Crippen molar-refractivity contribution in [3.63, 3.8) is 0 Å². The van der Waals surface area contributed by atoms with Crippen molar-refractivity contribution in [2.45, 2.75) is 26.7 Å². The van der Waals surface area contributed by atoms with Gasteiger partial charge in [0.15, 0.2) is 11.6 Å². The molecular weight excluding hydrogens is 278 g/mol. The van der Waals surface area contributed by atoms with Crippen LogP contribution in [0.2, 0.25) is 0 Å². The molecule has 0 atom stereocenters. The molecule has 0 aromatic heterocycles. The Hall–Kier alpha value is -1.85. The lowest BCUT2D eigenvalue weighted by Crippen LogP contribution is -2.42. The van der Waals surface area contributed by atoms with Gasteiger partial charge in [0, 0.05) is 19.2 Å². The van der Waals surface area contributed by atoms with Crippen LogP contribution in [0.15, 0.2) is 18.2 Å². The molecule has 2 amide bonds. The van der Waals surface area contributed by atoms with Crippen LogP contribution in [0.5, 0.6) is 5.75 Å². The Morgan fingerprint density at radius 1 is 1.24 bits per heavy atom. The fourth-order valence-electron chi connectivity index (χ4n) is 1.88. The Labute approximate surface area is 124 Å². The smallest absolute Gasteiger partial charge is 0.317 e. The van der Waals surface area contributed by atoms with Crippen molar-refractivity contribution in [2.24, 2.45) is 0 Å². The second kappa shape index (κ2) is 9.15. The molecule has 0 aliphatic carbocycles. The second-order valence-corrected chi connectivity index (χ2v) is 4.64. The molecule has 0 aliphatic rings. The zero-order chi connectivity index (χ0) is 15.7. The molecule has 0 spiro atoms. The number of hydrogen-bond donors (Lipinski definition) is 1. The topological polar surface area (TPSA) is 41.6 Å². The summed E-state index contributed by atoms with van der Waals surface area (Å²) in [6.45, 7) is 5.81. The Morgan fingerprint density at radius 2 is 1.90 bits per heavy atom. The first-order chi connectivity index (χ1) is 10.1. The molecule has 0 bridgehead atoms. The minimum absolute atomic E-state index is 0.0235. The van der Waals surface area contributed by atoms with Crippen molar-refractivity contribution < 1.29 is 18.3 Å². The van der Waals surface area contributed by atoms with Crippen LogP contribution < -0.4 is 10.1 Å². The van der Waals surface area contributed by atoms with Crippen LogP contribution in [0.4, 0.5) is 13.6 Å². The van der Waals surface area contributed by atoms with Gasteiger partial charge in [-0.05, 0) is 25.0 Å². The van der Waals surface area contributed by atoms with Crippen LogP contribution in [0.3, 0.4) is 0 Å². The fourth-order valence-corrected chi connectivity index (χ4v) is 1.88. The van der Waals surface area contributed by atoms with Gasteiger partial charge in [0.2, 0.25) is 0 Å². The van der Waals surface area contributed by atoms with E-state index in [9.17, 15) is 13.6 Å². The minimum Gasteiger partial charge on any atom is -0.489 e. The van der Waals surface area contributed by atoms with Crippen molar-refractivity contribution in [3.8, 4) is 5.75 Å². The SMILES string of the molecule is CCCN(CCC)C(=O)NCCOc1ccc(F)cc1F. The zero-order valence-electron chi connectivity index (χ0n) is 12.5. The highest BCUT2D eigenvalue weighted by Gasteiger charge is 2.10. The summed E-state index contributed by atoms with van der Waals surface area (Å²) in [6.07, 6.45) is 1.79. The molecule has 6 heteroatoms. The molecule has 0 saturated heterocycles. The van der Waals surface area contributed by atoms with Crippen LogP contribution in [-0.2, 0) is 0 Å². The lowest BCUT2D eigenvalue weighted by Gasteiger charge is -2.21. The van der Waals surface area contributed by atoms with Gasteiger partial charge in [-0.15, -0.1) is 0 Å². The van der Waals surface area contributed by atoms with Gasteiger partial charge in [0.25, 0.3) is 0 Å². The number of carbonyl (C=O) groups is 1. The number of urea groups is 1. The average molecular weight is 300 g/mol. The predicted molar refractivity (Wildman–Crippen MR) is 77.4 cm³/mol. The highest BCUT2D eigenvalue weighted by atomic mass is 19.1. The van der Waals surface area contributed by atoms with E-state index in [1.807, 2.05) is 13.8 Å². The molecule has 1 N–H and O–H groups in total. The molecule has 0 fully saturated rings. The third-order valence-corrected chi connectivity index (χ3v) is 2.80. The first kappa shape index (κ1) is 17.2. The van der Waals surface area contributed by atoms with Crippen molar-refractivity contribution >= 4 is 6.03 Å². The van der Waals surface area contributed by atoms with E-state index in [1.54, 1.807) is 4.90 Å². The second-order valence-electron chi connectivity index (χ2n) is 4.64. The van der Waals surface area contributed by atoms with Crippen LogP contribution >= 0.6 is 0 Å². The maximum absolute atomic E-state index is 13.3. The van der Waals surface area contributed by atoms with E-state index in [0.717, 1.165) is 25.0 Å². The summed E-state index contributed by atoms with van der Waals surface area (Å²) in [5, 5.41) is 2.72.